The summed E-state index contributed by atoms with van der Waals surface area (Å²) in [6.07, 6.45) is 10.3. The van der Waals surface area contributed by atoms with Gasteiger partial charge in [0.25, 0.3) is 5.91 Å². The number of hydrogen-bond donors (Lipinski definition) is 5. The molecule has 0 atom stereocenters. The monoisotopic (exact) mass is 383 g/mol. The van der Waals surface area contributed by atoms with Crippen LogP contribution in [0, 0.1) is 0 Å². The number of carboxylic acids is 1. The molecule has 0 heterocycles. The molecule has 0 aromatic carbocycles. The van der Waals surface area contributed by atoms with Crippen molar-refractivity contribution in [3.05, 3.63) is 11.5 Å². The molecule has 0 bridgehead atoms. The van der Waals surface area contributed by atoms with Crippen LogP contribution in [-0.4, -0.2) is 45.7 Å². The summed E-state index contributed by atoms with van der Waals surface area (Å²) in [5.74, 6) is -1.81. The van der Waals surface area contributed by atoms with Crippen LogP contribution in [-0.2, 0) is 9.59 Å². The third-order valence-corrected chi connectivity index (χ3v) is 5.33. The van der Waals surface area contributed by atoms with Gasteiger partial charge in [-0.3, -0.25) is 9.59 Å². The minimum Gasteiger partial charge on any atom is -0.494 e. The molecule has 5 N–H and O–H groups in total. The van der Waals surface area contributed by atoms with Crippen LogP contribution in [0.5, 0.6) is 0 Å². The Morgan fingerprint density at radius 1 is 0.846 bits per heavy atom. The zero-order chi connectivity index (χ0) is 18.9. The molecule has 0 aromatic rings. The van der Waals surface area contributed by atoms with Crippen LogP contribution in [0.25, 0.3) is 0 Å². The van der Waals surface area contributed by atoms with Crippen molar-refractivity contribution in [1.29, 1.82) is 0 Å². The molecule has 0 aliphatic heterocycles. The second kappa shape index (κ2) is 10.4. The Balaban J connectivity index is 2.10. The molecule has 0 radical (unpaired) electrons. The molecule has 0 saturated heterocycles. The molecule has 8 heteroatoms. The molecule has 26 heavy (non-hydrogen) atoms. The summed E-state index contributed by atoms with van der Waals surface area (Å²) in [6.45, 7) is -0.407. The summed E-state index contributed by atoms with van der Waals surface area (Å²) in [4.78, 5) is 23.5. The van der Waals surface area contributed by atoms with E-state index >= 15 is 0 Å². The number of aliphatic hydroxyl groups excluding tert-OH is 1. The molecule has 2 aliphatic carbocycles. The first kappa shape index (κ1) is 20.5. The van der Waals surface area contributed by atoms with Gasteiger partial charge in [-0.2, -0.15) is 0 Å². The summed E-state index contributed by atoms with van der Waals surface area (Å²) in [6, 6.07) is 0.166. The Kier molecular flexibility index (Phi) is 8.15. The third-order valence-electron chi connectivity index (χ3n) is 4.98. The summed E-state index contributed by atoms with van der Waals surface area (Å²) in [7, 11) is 0. The van der Waals surface area contributed by atoms with E-state index in [1.165, 1.54) is 12.8 Å². The Labute approximate surface area is 159 Å². The number of aliphatic hydroxyl groups is 1. The van der Waals surface area contributed by atoms with Gasteiger partial charge in [-0.15, -0.1) is 0 Å². The molecular weight excluding hydrogens is 354 g/mol. The molecule has 7 nitrogen and oxygen atoms in total. The number of carbonyl (C=O) groups excluding carboxylic acids is 1. The number of carboxylic acid groups (broad SMARTS) is 1. The highest BCUT2D eigenvalue weighted by Gasteiger charge is 2.26. The number of thiocarbonyl (C=S) groups is 1. The summed E-state index contributed by atoms with van der Waals surface area (Å²) >= 11 is 5.19. The second-order valence-corrected chi connectivity index (χ2v) is 7.50. The maximum atomic E-state index is 12.7. The lowest BCUT2D eigenvalue weighted by atomic mass is 9.95. The van der Waals surface area contributed by atoms with Crippen LogP contribution in [0.2, 0.25) is 0 Å². The van der Waals surface area contributed by atoms with Crippen molar-refractivity contribution in [3.63, 3.8) is 0 Å². The van der Waals surface area contributed by atoms with Gasteiger partial charge in [0, 0.05) is 12.1 Å². The molecule has 2 fully saturated rings. The van der Waals surface area contributed by atoms with Crippen LogP contribution in [0.15, 0.2) is 11.5 Å². The van der Waals surface area contributed by atoms with Gasteiger partial charge in [-0.05, 0) is 25.7 Å². The highest BCUT2D eigenvalue weighted by Crippen LogP contribution is 2.20. The van der Waals surface area contributed by atoms with Crippen LogP contribution in [0.4, 0.5) is 0 Å². The van der Waals surface area contributed by atoms with E-state index in [1.807, 2.05) is 0 Å². The van der Waals surface area contributed by atoms with Gasteiger partial charge in [0.1, 0.15) is 17.1 Å². The van der Waals surface area contributed by atoms with Crippen LogP contribution < -0.4 is 16.0 Å². The predicted octanol–water partition coefficient (Wildman–Crippen LogP) is 2.13. The lowest BCUT2D eigenvalue weighted by Gasteiger charge is -2.26. The highest BCUT2D eigenvalue weighted by atomic mass is 32.1. The van der Waals surface area contributed by atoms with E-state index in [2.05, 4.69) is 16.0 Å². The Morgan fingerprint density at radius 3 is 1.85 bits per heavy atom. The van der Waals surface area contributed by atoms with Crippen LogP contribution in [0.3, 0.4) is 0 Å². The molecule has 2 saturated carbocycles. The first-order valence-corrected chi connectivity index (χ1v) is 9.89. The van der Waals surface area contributed by atoms with E-state index in [1.54, 1.807) is 0 Å². The van der Waals surface area contributed by atoms with Crippen molar-refractivity contribution in [3.8, 4) is 0 Å². The van der Waals surface area contributed by atoms with Crippen molar-refractivity contribution >= 4 is 29.1 Å². The van der Waals surface area contributed by atoms with E-state index < -0.39 is 18.4 Å². The van der Waals surface area contributed by atoms with Gasteiger partial charge in [-0.1, -0.05) is 50.7 Å². The standard InChI is InChI=1S/C18H29N3O4S/c22-14(23)11-19-18(26)15(16(24)20-12-7-3-1-4-8-12)17(25)21-13-9-5-2-6-10-13/h12-13,20,24H,1-11H2,(H,19,26)(H,21,25)(H,22,23)/b16-15-. The van der Waals surface area contributed by atoms with E-state index in [-0.39, 0.29) is 28.5 Å². The first-order valence-electron chi connectivity index (χ1n) is 9.48. The van der Waals surface area contributed by atoms with Gasteiger partial charge in [0.05, 0.1) is 0 Å². The van der Waals surface area contributed by atoms with Crippen molar-refractivity contribution in [1.82, 2.24) is 16.0 Å². The van der Waals surface area contributed by atoms with Gasteiger partial charge in [0.15, 0.2) is 0 Å². The fourth-order valence-corrected chi connectivity index (χ4v) is 3.84. The number of aliphatic carboxylic acids is 1. The first-order chi connectivity index (χ1) is 12.5. The molecule has 0 unspecified atom stereocenters. The zero-order valence-electron chi connectivity index (χ0n) is 15.1. The lowest BCUT2D eigenvalue weighted by molar-refractivity contribution is -0.135. The molecule has 0 spiro atoms. The fourth-order valence-electron chi connectivity index (χ4n) is 3.58. The highest BCUT2D eigenvalue weighted by molar-refractivity contribution is 7.80. The van der Waals surface area contributed by atoms with E-state index in [4.69, 9.17) is 17.3 Å². The van der Waals surface area contributed by atoms with Crippen molar-refractivity contribution < 1.29 is 19.8 Å². The topological polar surface area (TPSA) is 111 Å². The SMILES string of the molecule is O=C(O)CNC(=S)/C(C(=O)NC1CCCCC1)=C(\O)NC1CCCCC1. The lowest BCUT2D eigenvalue weighted by Crippen LogP contribution is -2.43. The molecular formula is C18H29N3O4S. The molecule has 1 amide bonds. The Bertz CT molecular complexity index is 553. The van der Waals surface area contributed by atoms with E-state index in [0.717, 1.165) is 51.4 Å². The average molecular weight is 384 g/mol. The van der Waals surface area contributed by atoms with Gasteiger partial charge in [-0.25, -0.2) is 0 Å². The number of nitrogens with one attached hydrogen (secondary N) is 3. The van der Waals surface area contributed by atoms with Gasteiger partial charge >= 0.3 is 5.97 Å². The van der Waals surface area contributed by atoms with Crippen LogP contribution in [0.1, 0.15) is 64.2 Å². The van der Waals surface area contributed by atoms with E-state index in [9.17, 15) is 14.7 Å². The zero-order valence-corrected chi connectivity index (χ0v) is 15.9. The Hall–Kier alpha value is -1.83. The quantitative estimate of drug-likeness (QED) is 0.260. The summed E-state index contributed by atoms with van der Waals surface area (Å²) < 4.78 is 0. The molecule has 0 aromatic heterocycles. The fraction of sp³-hybridized carbons (Fsp3) is 0.722. The molecule has 2 rings (SSSR count). The number of hydrogen-bond acceptors (Lipinski definition) is 5. The largest absolute Gasteiger partial charge is 0.494 e. The number of rotatable bonds is 7. The Morgan fingerprint density at radius 2 is 1.35 bits per heavy atom. The van der Waals surface area contributed by atoms with Crippen LogP contribution >= 0.6 is 12.2 Å². The van der Waals surface area contributed by atoms with Crippen molar-refractivity contribution in [2.24, 2.45) is 0 Å². The predicted molar refractivity (Wildman–Crippen MR) is 103 cm³/mol. The summed E-state index contributed by atoms with van der Waals surface area (Å²) in [5.41, 5.74) is -0.0719. The summed E-state index contributed by atoms with van der Waals surface area (Å²) in [5, 5.41) is 27.8. The third kappa shape index (κ3) is 6.48. The average Bonchev–Trinajstić information content (AvgIpc) is 2.61. The van der Waals surface area contributed by atoms with Crippen molar-refractivity contribution in [2.45, 2.75) is 76.3 Å². The number of amides is 1. The van der Waals surface area contributed by atoms with Crippen molar-refractivity contribution in [2.75, 3.05) is 6.54 Å². The normalized spacial score (nSPS) is 20.0. The number of carbonyl (C=O) groups is 2. The molecule has 146 valence electrons. The minimum atomic E-state index is -1.08. The van der Waals surface area contributed by atoms with E-state index in [0.29, 0.717) is 0 Å². The maximum Gasteiger partial charge on any atom is 0.322 e. The molecule has 2 aliphatic rings. The maximum absolute atomic E-state index is 12.7. The minimum absolute atomic E-state index is 0.0541. The van der Waals surface area contributed by atoms with Gasteiger partial charge < -0.3 is 26.2 Å². The smallest absolute Gasteiger partial charge is 0.322 e. The second-order valence-electron chi connectivity index (χ2n) is 7.09. The van der Waals surface area contributed by atoms with Gasteiger partial charge in [0.2, 0.25) is 5.88 Å².